The summed E-state index contributed by atoms with van der Waals surface area (Å²) in [5.74, 6) is -0.408. The number of carbonyl (C=O) groups excluding carboxylic acids is 1. The highest BCUT2D eigenvalue weighted by molar-refractivity contribution is 6.21. The molecule has 0 bridgehead atoms. The van der Waals surface area contributed by atoms with Crippen LogP contribution >= 0.6 is 11.6 Å². The molecule has 2 atom stereocenters. The van der Waals surface area contributed by atoms with Gasteiger partial charge in [0.1, 0.15) is 6.10 Å². The fourth-order valence-electron chi connectivity index (χ4n) is 1.24. The van der Waals surface area contributed by atoms with Crippen molar-refractivity contribution in [3.05, 3.63) is 48.0 Å². The van der Waals surface area contributed by atoms with Crippen LogP contribution in [0.5, 0.6) is 0 Å². The second-order valence-electron chi connectivity index (χ2n) is 3.70. The molecule has 0 heterocycles. The molecule has 0 aliphatic carbocycles. The summed E-state index contributed by atoms with van der Waals surface area (Å²) in [5.41, 5.74) is 1.31. The van der Waals surface area contributed by atoms with Gasteiger partial charge in [0.25, 0.3) is 0 Å². The predicted molar refractivity (Wildman–Crippen MR) is 65.4 cm³/mol. The van der Waals surface area contributed by atoms with Gasteiger partial charge in [0, 0.05) is 5.57 Å². The van der Waals surface area contributed by atoms with Gasteiger partial charge in [-0.1, -0.05) is 36.9 Å². The SMILES string of the molecule is C=C(C)C(=O)OC(C)C(Cl)c1ccccc1. The molecule has 0 saturated carbocycles. The molecular formula is C13H15ClO2. The molecule has 1 aromatic carbocycles. The van der Waals surface area contributed by atoms with E-state index in [0.29, 0.717) is 5.57 Å². The number of hydrogen-bond donors (Lipinski definition) is 0. The minimum atomic E-state index is -0.408. The van der Waals surface area contributed by atoms with Crippen LogP contribution in [0, 0.1) is 0 Å². The first kappa shape index (κ1) is 12.8. The lowest BCUT2D eigenvalue weighted by Crippen LogP contribution is -2.19. The number of halogens is 1. The van der Waals surface area contributed by atoms with Gasteiger partial charge in [0.05, 0.1) is 5.38 Å². The van der Waals surface area contributed by atoms with E-state index < -0.39 is 5.97 Å². The molecule has 2 unspecified atom stereocenters. The van der Waals surface area contributed by atoms with Crippen LogP contribution in [0.1, 0.15) is 24.8 Å². The number of ether oxygens (including phenoxy) is 1. The molecule has 0 aliphatic rings. The van der Waals surface area contributed by atoms with E-state index in [-0.39, 0.29) is 11.5 Å². The van der Waals surface area contributed by atoms with Crippen LogP contribution in [-0.4, -0.2) is 12.1 Å². The molecule has 1 rings (SSSR count). The standard InChI is InChI=1S/C13H15ClO2/c1-9(2)13(15)16-10(3)12(14)11-7-5-4-6-8-11/h4-8,10,12H,1H2,2-3H3. The molecule has 0 spiro atoms. The summed E-state index contributed by atoms with van der Waals surface area (Å²) in [5, 5.41) is -0.343. The third-order valence-electron chi connectivity index (χ3n) is 2.17. The first-order chi connectivity index (χ1) is 7.52. The lowest BCUT2D eigenvalue weighted by atomic mass is 10.1. The quantitative estimate of drug-likeness (QED) is 0.456. The highest BCUT2D eigenvalue weighted by Crippen LogP contribution is 2.26. The van der Waals surface area contributed by atoms with Crippen molar-refractivity contribution in [3.63, 3.8) is 0 Å². The van der Waals surface area contributed by atoms with E-state index in [2.05, 4.69) is 6.58 Å². The van der Waals surface area contributed by atoms with Gasteiger partial charge in [-0.05, 0) is 19.4 Å². The van der Waals surface area contributed by atoms with Gasteiger partial charge >= 0.3 is 5.97 Å². The Morgan fingerprint density at radius 1 is 1.38 bits per heavy atom. The fourth-order valence-corrected chi connectivity index (χ4v) is 1.43. The molecule has 0 aromatic heterocycles. The van der Waals surface area contributed by atoms with Crippen LogP contribution in [0.2, 0.25) is 0 Å². The van der Waals surface area contributed by atoms with Crippen molar-refractivity contribution in [1.82, 2.24) is 0 Å². The van der Waals surface area contributed by atoms with Crippen LogP contribution in [0.15, 0.2) is 42.5 Å². The molecule has 16 heavy (non-hydrogen) atoms. The Bertz CT molecular complexity index is 373. The van der Waals surface area contributed by atoms with Crippen molar-refractivity contribution in [2.24, 2.45) is 0 Å². The zero-order valence-electron chi connectivity index (χ0n) is 9.44. The van der Waals surface area contributed by atoms with E-state index in [1.807, 2.05) is 30.3 Å². The molecule has 86 valence electrons. The van der Waals surface area contributed by atoms with E-state index in [0.717, 1.165) is 5.56 Å². The Balaban J connectivity index is 2.65. The summed E-state index contributed by atoms with van der Waals surface area (Å²) in [6.07, 6.45) is -0.381. The molecule has 0 fully saturated rings. The van der Waals surface area contributed by atoms with Gasteiger partial charge in [-0.3, -0.25) is 0 Å². The minimum Gasteiger partial charge on any atom is -0.457 e. The van der Waals surface area contributed by atoms with Crippen molar-refractivity contribution >= 4 is 17.6 Å². The Labute approximate surface area is 101 Å². The summed E-state index contributed by atoms with van der Waals surface area (Å²) >= 11 is 6.20. The average molecular weight is 239 g/mol. The third kappa shape index (κ3) is 3.38. The monoisotopic (exact) mass is 238 g/mol. The first-order valence-electron chi connectivity index (χ1n) is 5.08. The highest BCUT2D eigenvalue weighted by Gasteiger charge is 2.20. The van der Waals surface area contributed by atoms with E-state index >= 15 is 0 Å². The van der Waals surface area contributed by atoms with Crippen LogP contribution in [0.4, 0.5) is 0 Å². The minimum absolute atomic E-state index is 0.343. The molecular weight excluding hydrogens is 224 g/mol. The Morgan fingerprint density at radius 2 is 1.94 bits per heavy atom. The van der Waals surface area contributed by atoms with Gasteiger partial charge in [-0.15, -0.1) is 11.6 Å². The molecule has 0 N–H and O–H groups in total. The van der Waals surface area contributed by atoms with Gasteiger partial charge < -0.3 is 4.74 Å². The Morgan fingerprint density at radius 3 is 2.44 bits per heavy atom. The third-order valence-corrected chi connectivity index (χ3v) is 2.78. The maximum atomic E-state index is 11.3. The Kier molecular flexibility index (Phi) is 4.56. The largest absolute Gasteiger partial charge is 0.457 e. The Hall–Kier alpha value is -1.28. The van der Waals surface area contributed by atoms with Crippen LogP contribution in [0.3, 0.4) is 0 Å². The van der Waals surface area contributed by atoms with Crippen LogP contribution < -0.4 is 0 Å². The van der Waals surface area contributed by atoms with Crippen LogP contribution in [0.25, 0.3) is 0 Å². The number of hydrogen-bond acceptors (Lipinski definition) is 2. The number of carbonyl (C=O) groups is 1. The van der Waals surface area contributed by atoms with E-state index in [1.54, 1.807) is 13.8 Å². The molecule has 3 heteroatoms. The second-order valence-corrected chi connectivity index (χ2v) is 4.17. The number of rotatable bonds is 4. The zero-order valence-corrected chi connectivity index (χ0v) is 10.2. The number of alkyl halides is 1. The van der Waals surface area contributed by atoms with Crippen LogP contribution in [-0.2, 0) is 9.53 Å². The normalized spacial score (nSPS) is 13.9. The summed E-state index contributed by atoms with van der Waals surface area (Å²) < 4.78 is 5.16. The molecule has 0 saturated heterocycles. The van der Waals surface area contributed by atoms with Gasteiger partial charge in [-0.2, -0.15) is 0 Å². The van der Waals surface area contributed by atoms with Crippen molar-refractivity contribution < 1.29 is 9.53 Å². The van der Waals surface area contributed by atoms with Gasteiger partial charge in [0.2, 0.25) is 0 Å². The van der Waals surface area contributed by atoms with Gasteiger partial charge in [0.15, 0.2) is 0 Å². The van der Waals surface area contributed by atoms with Gasteiger partial charge in [-0.25, -0.2) is 4.79 Å². The fraction of sp³-hybridized carbons (Fsp3) is 0.308. The molecule has 2 nitrogen and oxygen atoms in total. The smallest absolute Gasteiger partial charge is 0.333 e. The van der Waals surface area contributed by atoms with Crippen molar-refractivity contribution in [1.29, 1.82) is 0 Å². The lowest BCUT2D eigenvalue weighted by Gasteiger charge is -2.18. The summed E-state index contributed by atoms with van der Waals surface area (Å²) in [6.45, 7) is 6.90. The number of esters is 1. The first-order valence-corrected chi connectivity index (χ1v) is 5.51. The van der Waals surface area contributed by atoms with Crippen molar-refractivity contribution in [2.45, 2.75) is 25.3 Å². The average Bonchev–Trinajstić information content (AvgIpc) is 2.28. The van der Waals surface area contributed by atoms with E-state index in [1.165, 1.54) is 0 Å². The molecule has 0 radical (unpaired) electrons. The van der Waals surface area contributed by atoms with Crippen molar-refractivity contribution in [2.75, 3.05) is 0 Å². The maximum Gasteiger partial charge on any atom is 0.333 e. The second kappa shape index (κ2) is 5.71. The van der Waals surface area contributed by atoms with Crippen molar-refractivity contribution in [3.8, 4) is 0 Å². The lowest BCUT2D eigenvalue weighted by molar-refractivity contribution is -0.143. The predicted octanol–water partition coefficient (Wildman–Crippen LogP) is 3.47. The summed E-state index contributed by atoms with van der Waals surface area (Å²) in [6, 6.07) is 9.53. The number of benzene rings is 1. The zero-order chi connectivity index (χ0) is 12.1. The maximum absolute atomic E-state index is 11.3. The highest BCUT2D eigenvalue weighted by atomic mass is 35.5. The van der Waals surface area contributed by atoms with E-state index in [4.69, 9.17) is 16.3 Å². The van der Waals surface area contributed by atoms with E-state index in [9.17, 15) is 4.79 Å². The molecule has 0 amide bonds. The molecule has 1 aromatic rings. The summed E-state index contributed by atoms with van der Waals surface area (Å²) in [7, 11) is 0. The summed E-state index contributed by atoms with van der Waals surface area (Å²) in [4.78, 5) is 11.3. The molecule has 0 aliphatic heterocycles. The topological polar surface area (TPSA) is 26.3 Å².